The smallest absolute Gasteiger partial charge is 0.413 e. The second-order valence-corrected chi connectivity index (χ2v) is 4.03. The van der Waals surface area contributed by atoms with Crippen molar-refractivity contribution >= 4 is 29.5 Å². The highest BCUT2D eigenvalue weighted by molar-refractivity contribution is 5.89. The third-order valence-corrected chi connectivity index (χ3v) is 2.81. The first-order valence-corrected chi connectivity index (χ1v) is 6.17. The first kappa shape index (κ1) is 16.9. The molecule has 1 aromatic heterocycles. The van der Waals surface area contributed by atoms with Gasteiger partial charge in [0.25, 0.3) is 5.43 Å². The van der Waals surface area contributed by atoms with Crippen LogP contribution in [0.5, 0.6) is 0 Å². The van der Waals surface area contributed by atoms with E-state index in [1.807, 2.05) is 0 Å². The summed E-state index contributed by atoms with van der Waals surface area (Å²) in [4.78, 5) is 47.7. The van der Waals surface area contributed by atoms with Gasteiger partial charge in [0, 0.05) is 19.2 Å². The summed E-state index contributed by atoms with van der Waals surface area (Å²) >= 11 is 0. The topological polar surface area (TPSA) is 157 Å². The lowest BCUT2D eigenvalue weighted by atomic mass is 10.3. The van der Waals surface area contributed by atoms with Crippen LogP contribution in [0, 0.1) is 10.1 Å². The minimum absolute atomic E-state index is 0.0400. The van der Waals surface area contributed by atoms with Crippen LogP contribution in [0.1, 0.15) is 13.8 Å². The van der Waals surface area contributed by atoms with Crippen LogP contribution in [0.3, 0.4) is 0 Å². The Labute approximate surface area is 123 Å². The molecule has 1 heterocycles. The Morgan fingerprint density at radius 1 is 1.23 bits per heavy atom. The molecule has 1 aromatic rings. The maximum Gasteiger partial charge on any atom is 0.413 e. The number of pyridine rings is 1. The number of nitrogens with one attached hydrogen (secondary N) is 1. The second-order valence-electron chi connectivity index (χ2n) is 4.03. The maximum absolute atomic E-state index is 11.9. The predicted octanol–water partition coefficient (Wildman–Crippen LogP) is 1.29. The van der Waals surface area contributed by atoms with E-state index in [-0.39, 0.29) is 18.9 Å². The minimum Gasteiger partial charge on any atom is -0.465 e. The summed E-state index contributed by atoms with van der Waals surface area (Å²) in [5.74, 6) is -0.831. The van der Waals surface area contributed by atoms with Crippen molar-refractivity contribution < 1.29 is 24.7 Å². The van der Waals surface area contributed by atoms with Crippen molar-refractivity contribution in [3.05, 3.63) is 26.4 Å². The van der Waals surface area contributed by atoms with Crippen LogP contribution in [0.15, 0.2) is 10.9 Å². The maximum atomic E-state index is 11.9. The molecule has 11 heteroatoms. The summed E-state index contributed by atoms with van der Waals surface area (Å²) in [6.45, 7) is 2.69. The molecule has 0 unspecified atom stereocenters. The molecule has 22 heavy (non-hydrogen) atoms. The van der Waals surface area contributed by atoms with Gasteiger partial charge in [0.15, 0.2) is 0 Å². The van der Waals surface area contributed by atoms with Crippen LogP contribution in [0.2, 0.25) is 0 Å². The van der Waals surface area contributed by atoms with E-state index in [9.17, 15) is 24.5 Å². The molecule has 0 saturated heterocycles. The van der Waals surface area contributed by atoms with Crippen molar-refractivity contribution in [2.24, 2.45) is 0 Å². The van der Waals surface area contributed by atoms with Gasteiger partial charge in [-0.2, -0.15) is 0 Å². The monoisotopic (exact) mass is 314 g/mol. The molecule has 3 N–H and O–H groups in total. The number of aromatic nitrogens is 1. The van der Waals surface area contributed by atoms with Crippen LogP contribution in [0.25, 0.3) is 0 Å². The van der Waals surface area contributed by atoms with Crippen LogP contribution < -0.4 is 15.2 Å². The van der Waals surface area contributed by atoms with Gasteiger partial charge in [-0.25, -0.2) is 9.59 Å². The van der Waals surface area contributed by atoms with Crippen molar-refractivity contribution in [2.75, 3.05) is 22.9 Å². The molecule has 0 aromatic carbocycles. The number of aromatic amines is 1. The Morgan fingerprint density at radius 3 is 2.09 bits per heavy atom. The molecule has 0 fully saturated rings. The fourth-order valence-corrected chi connectivity index (χ4v) is 1.84. The summed E-state index contributed by atoms with van der Waals surface area (Å²) in [7, 11) is 0. The lowest BCUT2D eigenvalue weighted by Gasteiger charge is -2.21. The minimum atomic E-state index is -1.52. The fourth-order valence-electron chi connectivity index (χ4n) is 1.84. The van der Waals surface area contributed by atoms with Gasteiger partial charge in [-0.3, -0.25) is 24.7 Å². The summed E-state index contributed by atoms with van der Waals surface area (Å²) in [5, 5.41) is 29.1. The summed E-state index contributed by atoms with van der Waals surface area (Å²) in [6, 6.07) is 0.745. The Morgan fingerprint density at radius 2 is 1.73 bits per heavy atom. The average molecular weight is 314 g/mol. The third kappa shape index (κ3) is 3.13. The molecule has 0 bridgehead atoms. The van der Waals surface area contributed by atoms with Crippen LogP contribution in [0.4, 0.5) is 26.9 Å². The molecule has 120 valence electrons. The second kappa shape index (κ2) is 6.56. The fraction of sp³-hybridized carbons (Fsp3) is 0.364. The number of hydrogen-bond donors (Lipinski definition) is 3. The quantitative estimate of drug-likeness (QED) is 0.545. The van der Waals surface area contributed by atoms with Crippen LogP contribution >= 0.6 is 0 Å². The van der Waals surface area contributed by atoms with Gasteiger partial charge < -0.3 is 15.2 Å². The van der Waals surface area contributed by atoms with Gasteiger partial charge in [0.05, 0.1) is 4.92 Å². The van der Waals surface area contributed by atoms with E-state index in [2.05, 4.69) is 4.98 Å². The number of anilines is 2. The molecule has 0 spiro atoms. The number of rotatable bonds is 5. The number of carbonyl (C=O) groups is 2. The zero-order chi connectivity index (χ0) is 17.0. The molecule has 0 atom stereocenters. The normalized spacial score (nSPS) is 10.1. The number of hydrogen-bond acceptors (Lipinski definition) is 5. The predicted molar refractivity (Wildman–Crippen MR) is 75.8 cm³/mol. The van der Waals surface area contributed by atoms with Gasteiger partial charge in [-0.05, 0) is 13.8 Å². The van der Waals surface area contributed by atoms with E-state index in [0.29, 0.717) is 4.90 Å². The Balaban J connectivity index is 3.66. The Kier molecular flexibility index (Phi) is 5.05. The van der Waals surface area contributed by atoms with E-state index in [1.165, 1.54) is 13.8 Å². The van der Waals surface area contributed by atoms with E-state index in [1.54, 1.807) is 0 Å². The van der Waals surface area contributed by atoms with Gasteiger partial charge >= 0.3 is 17.9 Å². The lowest BCUT2D eigenvalue weighted by molar-refractivity contribution is -0.385. The number of carboxylic acid groups (broad SMARTS) is 2. The SMILES string of the molecule is CCN(C(=O)O)c1cc(=O)c([N+](=O)[O-])c(N(CC)C(=O)O)[nH]1. The van der Waals surface area contributed by atoms with E-state index in [0.717, 1.165) is 11.0 Å². The van der Waals surface area contributed by atoms with Crippen molar-refractivity contribution in [1.82, 2.24) is 4.98 Å². The molecule has 1 rings (SSSR count). The number of nitro groups is 1. The summed E-state index contributed by atoms with van der Waals surface area (Å²) < 4.78 is 0. The highest BCUT2D eigenvalue weighted by atomic mass is 16.6. The standard InChI is InChI=1S/C11H14N4O7/c1-3-13(10(17)18)7-5-6(16)8(15(21)22)9(12-7)14(4-2)11(19)20/h5H,3-4H2,1-2H3,(H,12,16)(H,17,18)(H,19,20). The van der Waals surface area contributed by atoms with Crippen molar-refractivity contribution in [2.45, 2.75) is 13.8 Å². The Hall–Kier alpha value is -3.11. The van der Waals surface area contributed by atoms with Gasteiger partial charge in [0.1, 0.15) is 5.82 Å². The van der Waals surface area contributed by atoms with E-state index >= 15 is 0 Å². The molecule has 2 amide bonds. The van der Waals surface area contributed by atoms with Crippen molar-refractivity contribution in [1.29, 1.82) is 0 Å². The largest absolute Gasteiger partial charge is 0.465 e. The molecule has 0 aliphatic carbocycles. The van der Waals surface area contributed by atoms with Crippen LogP contribution in [-0.4, -0.2) is 45.4 Å². The lowest BCUT2D eigenvalue weighted by Crippen LogP contribution is -2.35. The van der Waals surface area contributed by atoms with Crippen LogP contribution in [-0.2, 0) is 0 Å². The highest BCUT2D eigenvalue weighted by Gasteiger charge is 2.29. The van der Waals surface area contributed by atoms with E-state index < -0.39 is 34.0 Å². The number of H-pyrrole nitrogens is 1. The average Bonchev–Trinajstić information content (AvgIpc) is 2.38. The summed E-state index contributed by atoms with van der Waals surface area (Å²) in [6.07, 6.45) is -2.91. The molecule has 0 saturated carbocycles. The van der Waals surface area contributed by atoms with Crippen molar-refractivity contribution in [3.8, 4) is 0 Å². The molecular formula is C11H14N4O7. The zero-order valence-electron chi connectivity index (χ0n) is 11.8. The molecule has 0 radical (unpaired) electrons. The molecule has 0 aliphatic rings. The molecular weight excluding hydrogens is 300 g/mol. The zero-order valence-corrected chi connectivity index (χ0v) is 11.8. The summed E-state index contributed by atoms with van der Waals surface area (Å²) in [5.41, 5.74) is -2.05. The van der Waals surface area contributed by atoms with Gasteiger partial charge in [-0.15, -0.1) is 0 Å². The molecule has 0 aliphatic heterocycles. The first-order chi connectivity index (χ1) is 10.2. The highest BCUT2D eigenvalue weighted by Crippen LogP contribution is 2.25. The van der Waals surface area contributed by atoms with Gasteiger partial charge in [-0.1, -0.05) is 0 Å². The first-order valence-electron chi connectivity index (χ1n) is 6.17. The molecule has 11 nitrogen and oxygen atoms in total. The van der Waals surface area contributed by atoms with Crippen molar-refractivity contribution in [3.63, 3.8) is 0 Å². The third-order valence-electron chi connectivity index (χ3n) is 2.81. The Bertz CT molecular complexity index is 669. The number of amides is 2. The van der Waals surface area contributed by atoms with Gasteiger partial charge in [0.2, 0.25) is 5.82 Å². The number of nitrogens with zero attached hydrogens (tertiary/aromatic N) is 3. The van der Waals surface area contributed by atoms with E-state index in [4.69, 9.17) is 10.2 Å².